The summed E-state index contributed by atoms with van der Waals surface area (Å²) >= 11 is 0. The van der Waals surface area contributed by atoms with E-state index < -0.39 is 6.10 Å². The second kappa shape index (κ2) is 2.98. The third-order valence-electron chi connectivity index (χ3n) is 1.83. The standard InChI is InChI=1S/C7H9N5O/c1-12-4-10-11-7(12)6(13)5-2-8-9-3-5/h2-4,6,13H,1H3,(H,8,9). The van der Waals surface area contributed by atoms with Gasteiger partial charge in [0.15, 0.2) is 5.82 Å². The Morgan fingerprint density at radius 3 is 3.00 bits per heavy atom. The highest BCUT2D eigenvalue weighted by Crippen LogP contribution is 2.17. The Bertz CT molecular complexity index is 379. The van der Waals surface area contributed by atoms with Gasteiger partial charge < -0.3 is 9.67 Å². The number of rotatable bonds is 2. The van der Waals surface area contributed by atoms with Crippen molar-refractivity contribution < 1.29 is 5.11 Å². The fourth-order valence-electron chi connectivity index (χ4n) is 1.10. The van der Waals surface area contributed by atoms with Gasteiger partial charge in [-0.05, 0) is 0 Å². The third kappa shape index (κ3) is 1.31. The van der Waals surface area contributed by atoms with Crippen molar-refractivity contribution in [1.29, 1.82) is 0 Å². The lowest BCUT2D eigenvalue weighted by molar-refractivity contribution is 0.206. The fourth-order valence-corrected chi connectivity index (χ4v) is 1.10. The average Bonchev–Trinajstić information content (AvgIpc) is 2.72. The molecule has 2 aromatic rings. The molecule has 0 saturated carbocycles. The lowest BCUT2D eigenvalue weighted by Gasteiger charge is -2.05. The topological polar surface area (TPSA) is 79.6 Å². The van der Waals surface area contributed by atoms with Crippen molar-refractivity contribution in [2.45, 2.75) is 6.10 Å². The van der Waals surface area contributed by atoms with Crippen LogP contribution in [-0.4, -0.2) is 30.1 Å². The van der Waals surface area contributed by atoms with Gasteiger partial charge in [0, 0.05) is 18.8 Å². The molecule has 0 bridgehead atoms. The van der Waals surface area contributed by atoms with Gasteiger partial charge in [-0.1, -0.05) is 0 Å². The molecule has 0 spiro atoms. The lowest BCUT2D eigenvalue weighted by atomic mass is 10.2. The number of hydrogen-bond donors (Lipinski definition) is 2. The minimum atomic E-state index is -0.772. The van der Waals surface area contributed by atoms with Crippen LogP contribution in [0.3, 0.4) is 0 Å². The normalized spacial score (nSPS) is 13.1. The van der Waals surface area contributed by atoms with Crippen molar-refractivity contribution in [2.24, 2.45) is 7.05 Å². The Hall–Kier alpha value is -1.69. The van der Waals surface area contributed by atoms with E-state index in [9.17, 15) is 5.11 Å². The number of hydrogen-bond acceptors (Lipinski definition) is 4. The minimum Gasteiger partial charge on any atom is -0.380 e. The highest BCUT2D eigenvalue weighted by atomic mass is 16.3. The molecule has 13 heavy (non-hydrogen) atoms. The van der Waals surface area contributed by atoms with Crippen LogP contribution in [0, 0.1) is 0 Å². The number of aryl methyl sites for hydroxylation is 1. The SMILES string of the molecule is Cn1cnnc1C(O)c1cn[nH]c1. The van der Waals surface area contributed by atoms with Crippen molar-refractivity contribution in [3.8, 4) is 0 Å². The first-order valence-corrected chi connectivity index (χ1v) is 3.79. The predicted octanol–water partition coefficient (Wildman–Crippen LogP) is -0.380. The first-order valence-electron chi connectivity index (χ1n) is 3.79. The molecular formula is C7H9N5O. The Kier molecular flexibility index (Phi) is 1.82. The summed E-state index contributed by atoms with van der Waals surface area (Å²) in [6.45, 7) is 0. The monoisotopic (exact) mass is 179 g/mol. The number of aliphatic hydroxyl groups is 1. The van der Waals surface area contributed by atoms with Gasteiger partial charge in [-0.2, -0.15) is 5.10 Å². The Balaban J connectivity index is 2.33. The molecule has 68 valence electrons. The maximum Gasteiger partial charge on any atom is 0.166 e. The fraction of sp³-hybridized carbons (Fsp3) is 0.286. The maximum atomic E-state index is 9.77. The summed E-state index contributed by atoms with van der Waals surface area (Å²) in [6, 6.07) is 0. The molecule has 0 radical (unpaired) electrons. The molecule has 0 saturated heterocycles. The van der Waals surface area contributed by atoms with Crippen LogP contribution < -0.4 is 0 Å². The van der Waals surface area contributed by atoms with Crippen LogP contribution in [0.2, 0.25) is 0 Å². The summed E-state index contributed by atoms with van der Waals surface area (Å²) in [5.74, 6) is 0.501. The number of H-pyrrole nitrogens is 1. The summed E-state index contributed by atoms with van der Waals surface area (Å²) in [5, 5.41) is 23.6. The van der Waals surface area contributed by atoms with E-state index in [0.29, 0.717) is 11.4 Å². The molecule has 0 aromatic carbocycles. The second-order valence-electron chi connectivity index (χ2n) is 2.73. The molecule has 1 unspecified atom stereocenters. The first kappa shape index (κ1) is 7.93. The predicted molar refractivity (Wildman–Crippen MR) is 43.7 cm³/mol. The Labute approximate surface area is 74.2 Å². The highest BCUT2D eigenvalue weighted by Gasteiger charge is 2.16. The van der Waals surface area contributed by atoms with Gasteiger partial charge in [0.25, 0.3) is 0 Å². The van der Waals surface area contributed by atoms with E-state index in [1.807, 2.05) is 0 Å². The van der Waals surface area contributed by atoms with E-state index in [1.165, 1.54) is 0 Å². The van der Waals surface area contributed by atoms with Gasteiger partial charge in [-0.3, -0.25) is 5.10 Å². The van der Waals surface area contributed by atoms with E-state index in [2.05, 4.69) is 20.4 Å². The van der Waals surface area contributed by atoms with Crippen LogP contribution in [0.25, 0.3) is 0 Å². The van der Waals surface area contributed by atoms with Gasteiger partial charge >= 0.3 is 0 Å². The molecule has 0 fully saturated rings. The van der Waals surface area contributed by atoms with E-state index in [4.69, 9.17) is 0 Å². The molecular weight excluding hydrogens is 170 g/mol. The van der Waals surface area contributed by atoms with Crippen LogP contribution >= 0.6 is 0 Å². The third-order valence-corrected chi connectivity index (χ3v) is 1.83. The molecule has 1 atom stereocenters. The van der Waals surface area contributed by atoms with E-state index in [-0.39, 0.29) is 0 Å². The summed E-state index contributed by atoms with van der Waals surface area (Å²) in [4.78, 5) is 0. The summed E-state index contributed by atoms with van der Waals surface area (Å²) in [6.07, 6.45) is 3.95. The van der Waals surface area contributed by atoms with Crippen LogP contribution in [0.15, 0.2) is 18.7 Å². The maximum absolute atomic E-state index is 9.77. The lowest BCUT2D eigenvalue weighted by Crippen LogP contribution is -2.05. The van der Waals surface area contributed by atoms with E-state index in [1.54, 1.807) is 30.3 Å². The highest BCUT2D eigenvalue weighted by molar-refractivity contribution is 5.15. The quantitative estimate of drug-likeness (QED) is 0.658. The van der Waals surface area contributed by atoms with Crippen molar-refractivity contribution in [2.75, 3.05) is 0 Å². The van der Waals surface area contributed by atoms with Crippen LogP contribution in [0.4, 0.5) is 0 Å². The van der Waals surface area contributed by atoms with Gasteiger partial charge in [0.05, 0.1) is 6.20 Å². The zero-order valence-electron chi connectivity index (χ0n) is 7.05. The van der Waals surface area contributed by atoms with Gasteiger partial charge in [0.2, 0.25) is 0 Å². The van der Waals surface area contributed by atoms with Crippen LogP contribution in [0.5, 0.6) is 0 Å². The zero-order chi connectivity index (χ0) is 9.26. The Morgan fingerprint density at radius 2 is 2.46 bits per heavy atom. The molecule has 0 aliphatic carbocycles. The van der Waals surface area contributed by atoms with Gasteiger partial charge in [0.1, 0.15) is 12.4 Å². The molecule has 2 N–H and O–H groups in total. The molecule has 2 aromatic heterocycles. The zero-order valence-corrected chi connectivity index (χ0v) is 7.05. The number of aromatic nitrogens is 5. The largest absolute Gasteiger partial charge is 0.380 e. The minimum absolute atomic E-state index is 0.501. The van der Waals surface area contributed by atoms with E-state index in [0.717, 1.165) is 0 Å². The van der Waals surface area contributed by atoms with Crippen molar-refractivity contribution in [1.82, 2.24) is 25.0 Å². The molecule has 6 heteroatoms. The van der Waals surface area contributed by atoms with Crippen molar-refractivity contribution in [3.63, 3.8) is 0 Å². The average molecular weight is 179 g/mol. The summed E-state index contributed by atoms with van der Waals surface area (Å²) in [5.41, 5.74) is 0.677. The molecule has 2 rings (SSSR count). The van der Waals surface area contributed by atoms with Crippen molar-refractivity contribution >= 4 is 0 Å². The summed E-state index contributed by atoms with van der Waals surface area (Å²) < 4.78 is 1.66. The summed E-state index contributed by atoms with van der Waals surface area (Å²) in [7, 11) is 1.78. The molecule has 0 aliphatic heterocycles. The number of nitrogens with zero attached hydrogens (tertiary/aromatic N) is 4. The number of aliphatic hydroxyl groups excluding tert-OH is 1. The van der Waals surface area contributed by atoms with Gasteiger partial charge in [-0.15, -0.1) is 10.2 Å². The first-order chi connectivity index (χ1) is 6.29. The van der Waals surface area contributed by atoms with Gasteiger partial charge in [-0.25, -0.2) is 0 Å². The molecule has 0 aliphatic rings. The Morgan fingerprint density at radius 1 is 1.62 bits per heavy atom. The second-order valence-corrected chi connectivity index (χ2v) is 2.73. The number of aromatic amines is 1. The molecule has 6 nitrogen and oxygen atoms in total. The number of nitrogens with one attached hydrogen (secondary N) is 1. The van der Waals surface area contributed by atoms with Crippen LogP contribution in [-0.2, 0) is 7.05 Å². The van der Waals surface area contributed by atoms with Crippen LogP contribution in [0.1, 0.15) is 17.5 Å². The molecule has 2 heterocycles. The van der Waals surface area contributed by atoms with Crippen molar-refractivity contribution in [3.05, 3.63) is 30.1 Å². The van der Waals surface area contributed by atoms with E-state index >= 15 is 0 Å². The molecule has 0 amide bonds. The smallest absolute Gasteiger partial charge is 0.166 e.